The molecule has 0 atom stereocenters. The van der Waals surface area contributed by atoms with Crippen LogP contribution in [0.5, 0.6) is 17.2 Å². The summed E-state index contributed by atoms with van der Waals surface area (Å²) in [5.74, 6) is 1.93. The summed E-state index contributed by atoms with van der Waals surface area (Å²) in [6.45, 7) is 7.00. The van der Waals surface area contributed by atoms with Gasteiger partial charge in [0.2, 0.25) is 0 Å². The molecule has 0 radical (unpaired) electrons. The summed E-state index contributed by atoms with van der Waals surface area (Å²) in [6.07, 6.45) is 24.0. The van der Waals surface area contributed by atoms with Crippen LogP contribution >= 0.6 is 0 Å². The Bertz CT molecular complexity index is 1280. The molecule has 0 aliphatic heterocycles. The molecule has 0 aliphatic carbocycles. The number of carbonyl (C=O) groups excluding carboxylic acids is 1. The second-order valence-corrected chi connectivity index (χ2v) is 12.7. The lowest BCUT2D eigenvalue weighted by molar-refractivity contribution is -0.697. The maximum atomic E-state index is 13.9. The summed E-state index contributed by atoms with van der Waals surface area (Å²) in [4.78, 5) is 15.7. The average Bonchev–Trinajstić information content (AvgIpc) is 3.10. The maximum Gasteiger partial charge on any atom is 0.258 e. The predicted octanol–water partition coefficient (Wildman–Crippen LogP) is 7.11. The van der Waals surface area contributed by atoms with Crippen LogP contribution in [0.15, 0.2) is 67.0 Å². The molecule has 0 aliphatic rings. The Morgan fingerprint density at radius 2 is 1.19 bits per heavy atom. The molecule has 3 aromatic rings. The molecule has 0 fully saturated rings. The van der Waals surface area contributed by atoms with Crippen LogP contribution in [0.3, 0.4) is 0 Å². The van der Waals surface area contributed by atoms with E-state index >= 15 is 0 Å². The molecule has 0 spiro atoms. The minimum absolute atomic E-state index is 0. The first-order valence-corrected chi connectivity index (χ1v) is 18.3. The molecule has 0 saturated carbocycles. The van der Waals surface area contributed by atoms with Gasteiger partial charge in [0, 0.05) is 31.6 Å². The predicted molar refractivity (Wildman–Crippen MR) is 192 cm³/mol. The SMILES string of the molecule is CCCCCCCCCCCCCCCCOc1ccc(CN(Cc2cc[n+](CCC)cc2)C(=O)c2ccccc2OC)cc1OC.[I-]. The number of aromatic nitrogens is 1. The van der Waals surface area contributed by atoms with Crippen molar-refractivity contribution in [3.05, 3.63) is 83.7 Å². The number of rotatable bonds is 25. The minimum atomic E-state index is -0.0789. The Morgan fingerprint density at radius 1 is 0.625 bits per heavy atom. The van der Waals surface area contributed by atoms with Gasteiger partial charge >= 0.3 is 0 Å². The zero-order chi connectivity index (χ0) is 33.5. The summed E-state index contributed by atoms with van der Waals surface area (Å²) in [5, 5.41) is 0. The van der Waals surface area contributed by atoms with Crippen LogP contribution in [-0.2, 0) is 19.6 Å². The number of hydrogen-bond acceptors (Lipinski definition) is 4. The van der Waals surface area contributed by atoms with E-state index in [1.54, 1.807) is 14.2 Å². The fraction of sp³-hybridized carbons (Fsp3) is 0.561. The van der Waals surface area contributed by atoms with Gasteiger partial charge in [-0.1, -0.05) is 116 Å². The molecule has 1 heterocycles. The normalized spacial score (nSPS) is 10.8. The van der Waals surface area contributed by atoms with Crippen molar-refractivity contribution >= 4 is 5.91 Å². The van der Waals surface area contributed by atoms with Gasteiger partial charge in [0.15, 0.2) is 23.9 Å². The number of amides is 1. The van der Waals surface area contributed by atoms with Gasteiger partial charge < -0.3 is 43.1 Å². The van der Waals surface area contributed by atoms with Crippen LogP contribution in [0.1, 0.15) is 132 Å². The van der Waals surface area contributed by atoms with E-state index in [4.69, 9.17) is 14.2 Å². The van der Waals surface area contributed by atoms with Crippen molar-refractivity contribution in [2.24, 2.45) is 0 Å². The molecule has 1 aromatic heterocycles. The van der Waals surface area contributed by atoms with Gasteiger partial charge in [-0.25, -0.2) is 4.57 Å². The third-order valence-corrected chi connectivity index (χ3v) is 8.80. The number of ether oxygens (including phenoxy) is 3. The smallest absolute Gasteiger partial charge is 0.258 e. The van der Waals surface area contributed by atoms with E-state index < -0.39 is 0 Å². The number of nitrogens with zero attached hydrogens (tertiary/aromatic N) is 2. The Morgan fingerprint density at radius 3 is 1.77 bits per heavy atom. The third-order valence-electron chi connectivity index (χ3n) is 8.80. The van der Waals surface area contributed by atoms with Crippen molar-refractivity contribution in [1.82, 2.24) is 4.90 Å². The van der Waals surface area contributed by atoms with E-state index in [1.165, 1.54) is 83.5 Å². The van der Waals surface area contributed by atoms with E-state index in [9.17, 15) is 4.79 Å². The summed E-state index contributed by atoms with van der Waals surface area (Å²) >= 11 is 0. The lowest BCUT2D eigenvalue weighted by Gasteiger charge is -2.24. The van der Waals surface area contributed by atoms with E-state index in [2.05, 4.69) is 42.9 Å². The van der Waals surface area contributed by atoms with E-state index in [0.29, 0.717) is 36.8 Å². The van der Waals surface area contributed by atoms with Gasteiger partial charge in [-0.3, -0.25) is 4.79 Å². The molecule has 1 amide bonds. The Labute approximate surface area is 308 Å². The molecular weight excluding hydrogens is 711 g/mol. The van der Waals surface area contributed by atoms with Crippen LogP contribution in [-0.4, -0.2) is 31.6 Å². The van der Waals surface area contributed by atoms with Gasteiger partial charge in [0.25, 0.3) is 5.91 Å². The molecule has 266 valence electrons. The van der Waals surface area contributed by atoms with E-state index in [1.807, 2.05) is 47.4 Å². The van der Waals surface area contributed by atoms with Gasteiger partial charge in [0.1, 0.15) is 12.3 Å². The molecule has 3 rings (SSSR count). The average molecular weight is 773 g/mol. The number of carbonyl (C=O) groups is 1. The molecule has 48 heavy (non-hydrogen) atoms. The van der Waals surface area contributed by atoms with Crippen molar-refractivity contribution in [3.8, 4) is 17.2 Å². The molecule has 2 aromatic carbocycles. The number of unbranched alkanes of at least 4 members (excludes halogenated alkanes) is 13. The largest absolute Gasteiger partial charge is 1.00 e. The molecule has 0 saturated heterocycles. The quantitative estimate of drug-likeness (QED) is 0.0524. The lowest BCUT2D eigenvalue weighted by atomic mass is 10.0. The fourth-order valence-electron chi connectivity index (χ4n) is 6.04. The zero-order valence-corrected chi connectivity index (χ0v) is 32.3. The second kappa shape index (κ2) is 25.2. The standard InChI is InChI=1S/C41H61N2O4.HI/c1-5-7-8-9-10-11-12-13-14-15-16-17-18-21-31-47-39-25-24-36(32-40(39)46-4)34-43(33-35-26-29-42(28-6-2)30-27-35)41(44)37-22-19-20-23-38(37)45-3;/h19-20,22-27,29-30,32H,5-18,21,28,31,33-34H2,1-4H3;1H/q+1;/p-1. The topological polar surface area (TPSA) is 51.9 Å². The Hall–Kier alpha value is -2.81. The van der Waals surface area contributed by atoms with Crippen LogP contribution < -0.4 is 42.8 Å². The maximum absolute atomic E-state index is 13.9. The minimum Gasteiger partial charge on any atom is -1.00 e. The zero-order valence-electron chi connectivity index (χ0n) is 30.2. The fourth-order valence-corrected chi connectivity index (χ4v) is 6.04. The van der Waals surface area contributed by atoms with Crippen LogP contribution in [0.25, 0.3) is 0 Å². The number of hydrogen-bond donors (Lipinski definition) is 0. The van der Waals surface area contributed by atoms with Crippen LogP contribution in [0.2, 0.25) is 0 Å². The first kappa shape index (κ1) is 41.4. The summed E-state index contributed by atoms with van der Waals surface area (Å²) < 4.78 is 19.6. The molecular formula is C41H61IN2O4. The molecule has 0 bridgehead atoms. The number of para-hydroxylation sites is 1. The van der Waals surface area contributed by atoms with Crippen molar-refractivity contribution in [2.45, 2.75) is 130 Å². The van der Waals surface area contributed by atoms with Gasteiger partial charge in [-0.2, -0.15) is 0 Å². The van der Waals surface area contributed by atoms with Crippen molar-refractivity contribution in [3.63, 3.8) is 0 Å². The molecule has 7 heteroatoms. The number of benzene rings is 2. The van der Waals surface area contributed by atoms with Gasteiger partial charge in [-0.05, 0) is 41.8 Å². The molecule has 0 N–H and O–H groups in total. The van der Waals surface area contributed by atoms with Crippen molar-refractivity contribution in [2.75, 3.05) is 20.8 Å². The summed E-state index contributed by atoms with van der Waals surface area (Å²) in [6, 6.07) is 17.6. The third kappa shape index (κ3) is 15.2. The highest BCUT2D eigenvalue weighted by Crippen LogP contribution is 2.30. The first-order valence-electron chi connectivity index (χ1n) is 18.3. The van der Waals surface area contributed by atoms with E-state index in [0.717, 1.165) is 36.3 Å². The summed E-state index contributed by atoms with van der Waals surface area (Å²) in [5.41, 5.74) is 2.60. The van der Waals surface area contributed by atoms with Crippen LogP contribution in [0, 0.1) is 0 Å². The molecule has 0 unspecified atom stereocenters. The van der Waals surface area contributed by atoms with Crippen LogP contribution in [0.4, 0.5) is 0 Å². The van der Waals surface area contributed by atoms with Gasteiger partial charge in [-0.15, -0.1) is 0 Å². The monoisotopic (exact) mass is 772 g/mol. The van der Waals surface area contributed by atoms with Crippen molar-refractivity contribution < 1.29 is 47.5 Å². The number of pyridine rings is 1. The Balaban J connectivity index is 0.00000800. The highest BCUT2D eigenvalue weighted by molar-refractivity contribution is 5.96. The second-order valence-electron chi connectivity index (χ2n) is 12.7. The summed E-state index contributed by atoms with van der Waals surface area (Å²) in [7, 11) is 3.27. The Kier molecular flexibility index (Phi) is 21.7. The first-order chi connectivity index (χ1) is 23.1. The number of aryl methyl sites for hydroxylation is 1. The van der Waals surface area contributed by atoms with Gasteiger partial charge in [0.05, 0.1) is 26.4 Å². The molecule has 6 nitrogen and oxygen atoms in total. The highest BCUT2D eigenvalue weighted by atomic mass is 127. The number of halogens is 1. The highest BCUT2D eigenvalue weighted by Gasteiger charge is 2.21. The van der Waals surface area contributed by atoms with Crippen molar-refractivity contribution in [1.29, 1.82) is 0 Å². The van der Waals surface area contributed by atoms with E-state index in [-0.39, 0.29) is 29.9 Å². The lowest BCUT2D eigenvalue weighted by Crippen LogP contribution is -3.00. The number of methoxy groups -OCH3 is 2.